The van der Waals surface area contributed by atoms with Gasteiger partial charge in [-0.2, -0.15) is 0 Å². The van der Waals surface area contributed by atoms with Gasteiger partial charge >= 0.3 is 6.03 Å². The monoisotopic (exact) mass is 453 g/mol. The lowest BCUT2D eigenvalue weighted by atomic mass is 10.1. The Morgan fingerprint density at radius 2 is 1.75 bits per heavy atom. The third-order valence-electron chi connectivity index (χ3n) is 4.85. The Morgan fingerprint density at radius 1 is 1.00 bits per heavy atom. The maximum absolute atomic E-state index is 12.9. The van der Waals surface area contributed by atoms with Gasteiger partial charge in [0, 0.05) is 23.8 Å². The number of hydrogen-bond donors (Lipinski definition) is 2. The van der Waals surface area contributed by atoms with E-state index < -0.39 is 0 Å². The molecule has 0 atom stereocenters. The highest BCUT2D eigenvalue weighted by Crippen LogP contribution is 2.29. The van der Waals surface area contributed by atoms with Crippen molar-refractivity contribution >= 4 is 23.3 Å². The molecule has 0 aromatic heterocycles. The molecule has 0 saturated heterocycles. The molecule has 7 heteroatoms. The number of methoxy groups -OCH3 is 1. The first-order valence-corrected chi connectivity index (χ1v) is 10.8. The van der Waals surface area contributed by atoms with Crippen molar-refractivity contribution in [1.82, 2.24) is 4.90 Å². The number of rotatable bonds is 10. The molecular weight excluding hydrogens is 426 g/mol. The quantitative estimate of drug-likeness (QED) is 0.436. The number of carbonyl (C=O) groups excluding carboxylic acids is 1. The molecule has 0 aliphatic rings. The first-order chi connectivity index (χ1) is 15.6. The summed E-state index contributed by atoms with van der Waals surface area (Å²) in [5.74, 6) is 1.27. The predicted molar refractivity (Wildman–Crippen MR) is 128 cm³/mol. The van der Waals surface area contributed by atoms with E-state index in [9.17, 15) is 4.79 Å². The zero-order chi connectivity index (χ0) is 22.8. The van der Waals surface area contributed by atoms with Crippen LogP contribution in [0.25, 0.3) is 0 Å². The first kappa shape index (κ1) is 23.4. The van der Waals surface area contributed by atoms with Crippen molar-refractivity contribution in [3.63, 3.8) is 0 Å². The lowest BCUT2D eigenvalue weighted by molar-refractivity contribution is 0.208. The number of carbonyl (C=O) groups is 1. The third kappa shape index (κ3) is 6.90. The van der Waals surface area contributed by atoms with E-state index in [2.05, 4.69) is 5.32 Å². The Hall–Kier alpha value is -3.22. The van der Waals surface area contributed by atoms with E-state index in [1.165, 1.54) is 0 Å². The van der Waals surface area contributed by atoms with Crippen LogP contribution in [0, 0.1) is 0 Å². The van der Waals surface area contributed by atoms with E-state index in [-0.39, 0.29) is 6.03 Å². The zero-order valence-corrected chi connectivity index (χ0v) is 18.8. The van der Waals surface area contributed by atoms with Crippen LogP contribution in [-0.4, -0.2) is 31.1 Å². The van der Waals surface area contributed by atoms with Gasteiger partial charge in [-0.05, 0) is 60.5 Å². The molecule has 3 N–H and O–H groups in total. The number of nitrogens with two attached hydrogens (primary N) is 1. The number of hydrogen-bond acceptors (Lipinski definition) is 4. The zero-order valence-electron chi connectivity index (χ0n) is 18.1. The van der Waals surface area contributed by atoms with E-state index in [1.807, 2.05) is 48.5 Å². The van der Waals surface area contributed by atoms with E-state index in [4.69, 9.17) is 26.8 Å². The average molecular weight is 454 g/mol. The number of ether oxygens (including phenoxy) is 2. The van der Waals surface area contributed by atoms with Gasteiger partial charge in [0.15, 0.2) is 11.5 Å². The van der Waals surface area contributed by atoms with Crippen molar-refractivity contribution < 1.29 is 14.3 Å². The molecular formula is C25H28ClN3O3. The molecule has 0 aliphatic carbocycles. The van der Waals surface area contributed by atoms with Crippen LogP contribution in [-0.2, 0) is 13.2 Å². The number of amides is 2. The molecule has 2 amide bonds. The number of nitrogens with zero attached hydrogens (tertiary/aromatic N) is 1. The van der Waals surface area contributed by atoms with Crippen LogP contribution in [0.3, 0.4) is 0 Å². The van der Waals surface area contributed by atoms with Gasteiger partial charge in [0.1, 0.15) is 6.61 Å². The Bertz CT molecular complexity index is 997. The molecule has 32 heavy (non-hydrogen) atoms. The molecule has 0 saturated carbocycles. The van der Waals surface area contributed by atoms with Crippen LogP contribution in [0.15, 0.2) is 72.8 Å². The number of anilines is 1. The molecule has 168 valence electrons. The maximum atomic E-state index is 12.9. The van der Waals surface area contributed by atoms with Crippen LogP contribution >= 0.6 is 11.6 Å². The Labute approximate surface area is 193 Å². The first-order valence-electron chi connectivity index (χ1n) is 10.4. The fraction of sp³-hybridized carbons (Fsp3) is 0.240. The Kier molecular flexibility index (Phi) is 8.78. The maximum Gasteiger partial charge on any atom is 0.322 e. The van der Waals surface area contributed by atoms with Crippen LogP contribution in [0.1, 0.15) is 17.5 Å². The predicted octanol–water partition coefficient (Wildman–Crippen LogP) is 5.31. The second-order valence-corrected chi connectivity index (χ2v) is 7.70. The Morgan fingerprint density at radius 3 is 2.44 bits per heavy atom. The fourth-order valence-corrected chi connectivity index (χ4v) is 3.28. The summed E-state index contributed by atoms with van der Waals surface area (Å²) < 4.78 is 11.5. The van der Waals surface area contributed by atoms with Crippen LogP contribution < -0.4 is 20.5 Å². The minimum atomic E-state index is -0.204. The third-order valence-corrected chi connectivity index (χ3v) is 5.11. The molecule has 3 aromatic rings. The summed E-state index contributed by atoms with van der Waals surface area (Å²) in [6.45, 7) is 1.89. The summed E-state index contributed by atoms with van der Waals surface area (Å²) in [6, 6.07) is 22.4. The minimum Gasteiger partial charge on any atom is -0.493 e. The standard InChI is InChI=1S/C25H28ClN3O3/c1-31-24-16-20(8-13-23(24)32-18-19-6-3-2-4-7-19)17-29(15-5-14-27)25(30)28-22-11-9-21(26)10-12-22/h2-4,6-13,16H,5,14-15,17-18,27H2,1H3,(H,28,30). The summed E-state index contributed by atoms with van der Waals surface area (Å²) in [6.07, 6.45) is 0.698. The van der Waals surface area contributed by atoms with Crippen molar-refractivity contribution in [3.8, 4) is 11.5 Å². The second-order valence-electron chi connectivity index (χ2n) is 7.26. The Balaban J connectivity index is 1.69. The van der Waals surface area contributed by atoms with Gasteiger partial charge < -0.3 is 25.4 Å². The summed E-state index contributed by atoms with van der Waals surface area (Å²) in [4.78, 5) is 14.6. The number of nitrogens with one attached hydrogen (secondary N) is 1. The number of benzene rings is 3. The van der Waals surface area contributed by atoms with E-state index in [1.54, 1.807) is 36.3 Å². The van der Waals surface area contributed by atoms with Crippen molar-refractivity contribution in [2.75, 3.05) is 25.5 Å². The largest absolute Gasteiger partial charge is 0.493 e. The van der Waals surface area contributed by atoms with Gasteiger partial charge in [0.05, 0.1) is 7.11 Å². The highest BCUT2D eigenvalue weighted by molar-refractivity contribution is 6.30. The normalized spacial score (nSPS) is 10.5. The van der Waals surface area contributed by atoms with Crippen molar-refractivity contribution in [1.29, 1.82) is 0 Å². The van der Waals surface area contributed by atoms with Crippen molar-refractivity contribution in [2.24, 2.45) is 5.73 Å². The summed E-state index contributed by atoms with van der Waals surface area (Å²) in [7, 11) is 1.61. The molecule has 0 aliphatic heterocycles. The van der Waals surface area contributed by atoms with Gasteiger partial charge in [-0.15, -0.1) is 0 Å². The van der Waals surface area contributed by atoms with Gasteiger partial charge in [-0.3, -0.25) is 0 Å². The molecule has 0 spiro atoms. The number of urea groups is 1. The highest BCUT2D eigenvalue weighted by Gasteiger charge is 2.15. The highest BCUT2D eigenvalue weighted by atomic mass is 35.5. The smallest absolute Gasteiger partial charge is 0.322 e. The minimum absolute atomic E-state index is 0.204. The lowest BCUT2D eigenvalue weighted by Crippen LogP contribution is -2.36. The summed E-state index contributed by atoms with van der Waals surface area (Å²) in [5.41, 5.74) is 8.36. The van der Waals surface area contributed by atoms with Gasteiger partial charge in [0.25, 0.3) is 0 Å². The molecule has 3 aromatic carbocycles. The average Bonchev–Trinajstić information content (AvgIpc) is 2.82. The summed E-state index contributed by atoms with van der Waals surface area (Å²) >= 11 is 5.93. The van der Waals surface area contributed by atoms with Gasteiger partial charge in [-0.1, -0.05) is 48.0 Å². The van der Waals surface area contributed by atoms with Crippen LogP contribution in [0.2, 0.25) is 5.02 Å². The molecule has 6 nitrogen and oxygen atoms in total. The molecule has 0 fully saturated rings. The molecule has 0 unspecified atom stereocenters. The molecule has 0 radical (unpaired) electrons. The van der Waals surface area contributed by atoms with E-state index in [0.717, 1.165) is 11.1 Å². The molecule has 3 rings (SSSR count). The second kappa shape index (κ2) is 12.0. The lowest BCUT2D eigenvalue weighted by Gasteiger charge is -2.23. The van der Waals surface area contributed by atoms with Crippen LogP contribution in [0.5, 0.6) is 11.5 Å². The SMILES string of the molecule is COc1cc(CN(CCCN)C(=O)Nc2ccc(Cl)cc2)ccc1OCc1ccccc1. The fourth-order valence-electron chi connectivity index (χ4n) is 3.16. The van der Waals surface area contributed by atoms with Crippen molar-refractivity contribution in [2.45, 2.75) is 19.6 Å². The molecule has 0 bridgehead atoms. The topological polar surface area (TPSA) is 76.8 Å². The molecule has 0 heterocycles. The van der Waals surface area contributed by atoms with Crippen LogP contribution in [0.4, 0.5) is 10.5 Å². The number of halogens is 1. The van der Waals surface area contributed by atoms with Gasteiger partial charge in [0.2, 0.25) is 0 Å². The van der Waals surface area contributed by atoms with Crippen molar-refractivity contribution in [3.05, 3.63) is 88.9 Å². The summed E-state index contributed by atoms with van der Waals surface area (Å²) in [5, 5.41) is 3.52. The van der Waals surface area contributed by atoms with E-state index >= 15 is 0 Å². The van der Waals surface area contributed by atoms with Gasteiger partial charge in [-0.25, -0.2) is 4.79 Å². The van der Waals surface area contributed by atoms with E-state index in [0.29, 0.717) is 54.9 Å².